The summed E-state index contributed by atoms with van der Waals surface area (Å²) in [5.41, 5.74) is -0.331. The van der Waals surface area contributed by atoms with Gasteiger partial charge in [0.25, 0.3) is 0 Å². The third-order valence-electron chi connectivity index (χ3n) is 3.80. The van der Waals surface area contributed by atoms with Crippen LogP contribution in [0.15, 0.2) is 18.2 Å². The molecule has 2 N–H and O–H groups in total. The summed E-state index contributed by atoms with van der Waals surface area (Å²) in [5, 5.41) is 23.9. The van der Waals surface area contributed by atoms with Gasteiger partial charge in [0.15, 0.2) is 0 Å². The van der Waals surface area contributed by atoms with Gasteiger partial charge in [-0.1, -0.05) is 18.9 Å². The van der Waals surface area contributed by atoms with Crippen LogP contribution in [-0.4, -0.2) is 33.5 Å². The molecule has 6 nitrogen and oxygen atoms in total. The van der Waals surface area contributed by atoms with Crippen LogP contribution in [0.3, 0.4) is 0 Å². The Morgan fingerprint density at radius 3 is 2.76 bits per heavy atom. The number of anilines is 1. The van der Waals surface area contributed by atoms with E-state index in [0.29, 0.717) is 10.9 Å². The molecule has 1 aromatic rings. The zero-order valence-electron chi connectivity index (χ0n) is 11.7. The van der Waals surface area contributed by atoms with Crippen molar-refractivity contribution in [2.75, 3.05) is 11.6 Å². The van der Waals surface area contributed by atoms with E-state index in [4.69, 9.17) is 5.11 Å². The number of thioether (sulfide) groups is 1. The van der Waals surface area contributed by atoms with Crippen molar-refractivity contribution in [1.29, 1.82) is 0 Å². The van der Waals surface area contributed by atoms with Crippen LogP contribution in [0.1, 0.15) is 36.0 Å². The Morgan fingerprint density at radius 2 is 2.14 bits per heavy atom. The van der Waals surface area contributed by atoms with Crippen LogP contribution < -0.4 is 5.32 Å². The van der Waals surface area contributed by atoms with Gasteiger partial charge in [0.05, 0.1) is 4.92 Å². The second-order valence-corrected chi connectivity index (χ2v) is 6.15. The van der Waals surface area contributed by atoms with Crippen molar-refractivity contribution in [3.05, 3.63) is 33.9 Å². The van der Waals surface area contributed by atoms with E-state index in [9.17, 15) is 14.9 Å². The van der Waals surface area contributed by atoms with Gasteiger partial charge in [-0.15, -0.1) is 0 Å². The topological polar surface area (TPSA) is 92.5 Å². The number of rotatable bonds is 5. The number of carboxylic acid groups (broad SMARTS) is 1. The maximum atomic E-state index is 11.2. The first kappa shape index (κ1) is 15.6. The highest BCUT2D eigenvalue weighted by atomic mass is 32.2. The molecule has 1 aliphatic rings. The number of hydrogen-bond donors (Lipinski definition) is 2. The molecule has 21 heavy (non-hydrogen) atoms. The molecule has 0 spiro atoms. The Balaban J connectivity index is 2.32. The first-order valence-electron chi connectivity index (χ1n) is 6.84. The normalized spacial score (nSPS) is 21.8. The smallest absolute Gasteiger partial charge is 0.342 e. The number of hydrogen-bond acceptors (Lipinski definition) is 5. The van der Waals surface area contributed by atoms with Crippen LogP contribution in [0, 0.1) is 10.1 Å². The highest BCUT2D eigenvalue weighted by molar-refractivity contribution is 7.99. The summed E-state index contributed by atoms with van der Waals surface area (Å²) in [6.45, 7) is 0. The zero-order valence-corrected chi connectivity index (χ0v) is 12.6. The molecular formula is C14H18N2O4S. The summed E-state index contributed by atoms with van der Waals surface area (Å²) in [7, 11) is 0. The lowest BCUT2D eigenvalue weighted by molar-refractivity contribution is -0.384. The first-order valence-corrected chi connectivity index (χ1v) is 8.13. The van der Waals surface area contributed by atoms with Crippen molar-refractivity contribution in [3.63, 3.8) is 0 Å². The summed E-state index contributed by atoms with van der Waals surface area (Å²) >= 11 is 1.75. The molecule has 0 bridgehead atoms. The lowest BCUT2D eigenvalue weighted by Gasteiger charge is -2.31. The van der Waals surface area contributed by atoms with Gasteiger partial charge in [0.2, 0.25) is 0 Å². The number of para-hydroxylation sites is 1. The van der Waals surface area contributed by atoms with E-state index < -0.39 is 10.9 Å². The van der Waals surface area contributed by atoms with Crippen molar-refractivity contribution in [2.24, 2.45) is 0 Å². The van der Waals surface area contributed by atoms with Crippen molar-refractivity contribution in [1.82, 2.24) is 0 Å². The molecule has 1 aromatic carbocycles. The van der Waals surface area contributed by atoms with Gasteiger partial charge in [-0.2, -0.15) is 11.8 Å². The van der Waals surface area contributed by atoms with E-state index >= 15 is 0 Å². The maximum absolute atomic E-state index is 11.2. The molecule has 2 unspecified atom stereocenters. The second-order valence-electron chi connectivity index (χ2n) is 5.07. The van der Waals surface area contributed by atoms with Crippen LogP contribution in [0.4, 0.5) is 11.4 Å². The molecule has 114 valence electrons. The van der Waals surface area contributed by atoms with Crippen LogP contribution in [0.5, 0.6) is 0 Å². The number of carbonyl (C=O) groups is 1. The Bertz CT molecular complexity index is 550. The largest absolute Gasteiger partial charge is 0.477 e. The van der Waals surface area contributed by atoms with Gasteiger partial charge in [-0.25, -0.2) is 4.79 Å². The Morgan fingerprint density at radius 1 is 1.43 bits per heavy atom. The predicted octanol–water partition coefficient (Wildman–Crippen LogP) is 3.38. The van der Waals surface area contributed by atoms with Crippen LogP contribution in [0.25, 0.3) is 0 Å². The van der Waals surface area contributed by atoms with E-state index in [2.05, 4.69) is 5.32 Å². The molecule has 2 atom stereocenters. The summed E-state index contributed by atoms with van der Waals surface area (Å²) in [5.74, 6) is -1.28. The van der Waals surface area contributed by atoms with Gasteiger partial charge >= 0.3 is 11.7 Å². The number of carboxylic acids is 1. The molecule has 0 aromatic heterocycles. The highest BCUT2D eigenvalue weighted by Gasteiger charge is 2.29. The highest BCUT2D eigenvalue weighted by Crippen LogP contribution is 2.34. The minimum atomic E-state index is -1.28. The molecule has 0 radical (unpaired) electrons. The fourth-order valence-corrected chi connectivity index (χ4v) is 3.71. The van der Waals surface area contributed by atoms with Gasteiger partial charge in [-0.05, 0) is 31.2 Å². The Labute approximate surface area is 127 Å². The molecule has 1 saturated carbocycles. The predicted molar refractivity (Wildman–Crippen MR) is 83.2 cm³/mol. The lowest BCUT2D eigenvalue weighted by Crippen LogP contribution is -2.34. The molecule has 0 aliphatic heterocycles. The van der Waals surface area contributed by atoms with Crippen molar-refractivity contribution >= 4 is 29.1 Å². The number of aromatic carboxylic acids is 1. The molecule has 0 amide bonds. The van der Waals surface area contributed by atoms with E-state index in [1.54, 1.807) is 17.8 Å². The SMILES string of the molecule is CSC1CCCCC1Nc1cccc(C(=O)O)c1[N+](=O)[O-]. The average molecular weight is 310 g/mol. The number of benzene rings is 1. The molecule has 1 fully saturated rings. The number of nitrogens with zero attached hydrogens (tertiary/aromatic N) is 1. The van der Waals surface area contributed by atoms with Crippen LogP contribution in [-0.2, 0) is 0 Å². The fourth-order valence-electron chi connectivity index (χ4n) is 2.77. The number of nitro groups is 1. The molecule has 2 rings (SSSR count). The summed E-state index contributed by atoms with van der Waals surface area (Å²) in [6.07, 6.45) is 6.31. The number of nitro benzene ring substituents is 1. The standard InChI is InChI=1S/C14H18N2O4S/c1-21-12-8-3-2-6-10(12)15-11-7-4-5-9(14(17)18)13(11)16(19)20/h4-5,7,10,12,15H,2-3,6,8H2,1H3,(H,17,18). The number of nitrogens with one attached hydrogen (secondary N) is 1. The molecule has 7 heteroatoms. The van der Waals surface area contributed by atoms with E-state index in [0.717, 1.165) is 19.3 Å². The van der Waals surface area contributed by atoms with E-state index in [-0.39, 0.29) is 17.3 Å². The Kier molecular flexibility index (Phi) is 5.06. The third kappa shape index (κ3) is 3.47. The van der Waals surface area contributed by atoms with Gasteiger partial charge < -0.3 is 10.4 Å². The average Bonchev–Trinajstić information content (AvgIpc) is 2.47. The van der Waals surface area contributed by atoms with Crippen molar-refractivity contribution in [3.8, 4) is 0 Å². The minimum Gasteiger partial charge on any atom is -0.477 e. The first-order chi connectivity index (χ1) is 10.0. The van der Waals surface area contributed by atoms with E-state index in [1.807, 2.05) is 6.26 Å². The van der Waals surface area contributed by atoms with Crippen molar-refractivity contribution < 1.29 is 14.8 Å². The quantitative estimate of drug-likeness (QED) is 0.640. The molecule has 0 heterocycles. The Hall–Kier alpha value is -1.76. The zero-order chi connectivity index (χ0) is 15.4. The van der Waals surface area contributed by atoms with Gasteiger partial charge in [0, 0.05) is 11.3 Å². The molecular weight excluding hydrogens is 292 g/mol. The minimum absolute atomic E-state index is 0.136. The van der Waals surface area contributed by atoms with E-state index in [1.165, 1.54) is 18.6 Å². The lowest BCUT2D eigenvalue weighted by atomic mass is 9.94. The van der Waals surface area contributed by atoms with Crippen LogP contribution >= 0.6 is 11.8 Å². The monoisotopic (exact) mass is 310 g/mol. The second kappa shape index (κ2) is 6.80. The third-order valence-corrected chi connectivity index (χ3v) is 4.96. The fraction of sp³-hybridized carbons (Fsp3) is 0.500. The summed E-state index contributed by atoms with van der Waals surface area (Å²) in [4.78, 5) is 21.8. The molecule has 1 aliphatic carbocycles. The van der Waals surface area contributed by atoms with Crippen molar-refractivity contribution in [2.45, 2.75) is 37.0 Å². The van der Waals surface area contributed by atoms with Gasteiger partial charge in [0.1, 0.15) is 11.3 Å². The maximum Gasteiger partial charge on any atom is 0.342 e. The summed E-state index contributed by atoms with van der Waals surface area (Å²) in [6, 6.07) is 4.52. The molecule has 0 saturated heterocycles. The van der Waals surface area contributed by atoms with Crippen LogP contribution in [0.2, 0.25) is 0 Å². The van der Waals surface area contributed by atoms with Gasteiger partial charge in [-0.3, -0.25) is 10.1 Å². The summed E-state index contributed by atoms with van der Waals surface area (Å²) < 4.78 is 0.